The SMILES string of the molecule is CC(C)(C)C(=O)NCc1cn(-c2ccc(/C=C/c3nc4ccccc4s3)cc2)nn1. The highest BCUT2D eigenvalue weighted by Gasteiger charge is 2.20. The van der Waals surface area contributed by atoms with E-state index in [9.17, 15) is 4.79 Å². The second kappa shape index (κ2) is 8.20. The van der Waals surface area contributed by atoms with E-state index in [1.807, 2.05) is 75.5 Å². The summed E-state index contributed by atoms with van der Waals surface area (Å²) < 4.78 is 2.90. The summed E-state index contributed by atoms with van der Waals surface area (Å²) in [6, 6.07) is 16.2. The smallest absolute Gasteiger partial charge is 0.225 e. The van der Waals surface area contributed by atoms with Crippen molar-refractivity contribution in [3.05, 3.63) is 71.0 Å². The number of para-hydroxylation sites is 1. The molecule has 7 heteroatoms. The van der Waals surface area contributed by atoms with Gasteiger partial charge in [-0.1, -0.05) is 56.3 Å². The number of hydrogen-bond acceptors (Lipinski definition) is 5. The van der Waals surface area contributed by atoms with Gasteiger partial charge in [-0.05, 0) is 35.9 Å². The number of amides is 1. The Balaban J connectivity index is 1.41. The molecule has 0 spiro atoms. The molecule has 2 aromatic carbocycles. The van der Waals surface area contributed by atoms with Crippen LogP contribution in [-0.4, -0.2) is 25.9 Å². The van der Waals surface area contributed by atoms with Gasteiger partial charge in [0.25, 0.3) is 0 Å². The fourth-order valence-electron chi connectivity index (χ4n) is 2.81. The molecule has 0 saturated heterocycles. The minimum absolute atomic E-state index is 0.0127. The van der Waals surface area contributed by atoms with Crippen LogP contribution in [0, 0.1) is 5.41 Å². The first kappa shape index (κ1) is 20.0. The summed E-state index contributed by atoms with van der Waals surface area (Å²) in [5, 5.41) is 12.2. The first-order valence-corrected chi connectivity index (χ1v) is 10.5. The largest absolute Gasteiger partial charge is 0.350 e. The second-order valence-corrected chi connectivity index (χ2v) is 9.09. The first-order valence-electron chi connectivity index (χ1n) is 9.72. The molecule has 152 valence electrons. The number of thiazole rings is 1. The molecule has 1 N–H and O–H groups in total. The van der Waals surface area contributed by atoms with Gasteiger partial charge < -0.3 is 5.32 Å². The van der Waals surface area contributed by atoms with E-state index in [2.05, 4.69) is 32.8 Å². The van der Waals surface area contributed by atoms with Crippen LogP contribution in [-0.2, 0) is 11.3 Å². The molecular formula is C23H23N5OS. The topological polar surface area (TPSA) is 72.7 Å². The lowest BCUT2D eigenvalue weighted by molar-refractivity contribution is -0.128. The number of nitrogens with one attached hydrogen (secondary N) is 1. The van der Waals surface area contributed by atoms with Crippen molar-refractivity contribution in [1.29, 1.82) is 0 Å². The highest BCUT2D eigenvalue weighted by atomic mass is 32.1. The van der Waals surface area contributed by atoms with E-state index in [4.69, 9.17) is 0 Å². The normalized spacial score (nSPS) is 12.0. The molecular weight excluding hydrogens is 394 g/mol. The number of fused-ring (bicyclic) bond motifs is 1. The van der Waals surface area contributed by atoms with Crippen LogP contribution in [0.4, 0.5) is 0 Å². The maximum absolute atomic E-state index is 12.0. The zero-order chi connectivity index (χ0) is 21.1. The Morgan fingerprint density at radius 3 is 2.60 bits per heavy atom. The quantitative estimate of drug-likeness (QED) is 0.510. The van der Waals surface area contributed by atoms with Crippen LogP contribution in [0.5, 0.6) is 0 Å². The monoisotopic (exact) mass is 417 g/mol. The lowest BCUT2D eigenvalue weighted by atomic mass is 9.96. The molecule has 0 radical (unpaired) electrons. The molecule has 4 aromatic rings. The maximum atomic E-state index is 12.0. The standard InChI is InChI=1S/C23H23N5OS/c1-23(2,3)22(29)24-14-17-15-28(27-26-17)18-11-8-16(9-12-18)10-13-21-25-19-6-4-5-7-20(19)30-21/h4-13,15H,14H2,1-3H3,(H,24,29)/b13-10+. The third-order valence-corrected chi connectivity index (χ3v) is 5.54. The van der Waals surface area contributed by atoms with Crippen LogP contribution >= 0.6 is 11.3 Å². The van der Waals surface area contributed by atoms with Gasteiger partial charge in [0.1, 0.15) is 10.7 Å². The number of rotatable bonds is 5. The fraction of sp³-hybridized carbons (Fsp3) is 0.217. The number of nitrogens with zero attached hydrogens (tertiary/aromatic N) is 4. The Morgan fingerprint density at radius 2 is 1.87 bits per heavy atom. The van der Waals surface area contributed by atoms with Gasteiger partial charge in [0.15, 0.2) is 0 Å². The van der Waals surface area contributed by atoms with E-state index in [0.29, 0.717) is 12.2 Å². The van der Waals surface area contributed by atoms with Crippen molar-refractivity contribution in [3.8, 4) is 5.69 Å². The summed E-state index contributed by atoms with van der Waals surface area (Å²) in [6.07, 6.45) is 5.91. The van der Waals surface area contributed by atoms with Gasteiger partial charge in [-0.2, -0.15) is 0 Å². The first-order chi connectivity index (χ1) is 14.4. The minimum Gasteiger partial charge on any atom is -0.350 e. The van der Waals surface area contributed by atoms with Crippen molar-refractivity contribution < 1.29 is 4.79 Å². The van der Waals surface area contributed by atoms with Crippen molar-refractivity contribution in [2.24, 2.45) is 5.41 Å². The van der Waals surface area contributed by atoms with Crippen LogP contribution in [0.2, 0.25) is 0 Å². The molecule has 0 unspecified atom stereocenters. The van der Waals surface area contributed by atoms with Crippen molar-refractivity contribution >= 4 is 39.6 Å². The van der Waals surface area contributed by atoms with Crippen molar-refractivity contribution in [2.45, 2.75) is 27.3 Å². The Hall–Kier alpha value is -3.32. The third-order valence-electron chi connectivity index (χ3n) is 4.54. The molecule has 0 saturated carbocycles. The zero-order valence-electron chi connectivity index (χ0n) is 17.2. The summed E-state index contributed by atoms with van der Waals surface area (Å²) in [7, 11) is 0. The van der Waals surface area contributed by atoms with E-state index in [0.717, 1.165) is 21.8 Å². The minimum atomic E-state index is -0.426. The van der Waals surface area contributed by atoms with Gasteiger partial charge in [-0.15, -0.1) is 16.4 Å². The summed E-state index contributed by atoms with van der Waals surface area (Å²) >= 11 is 1.68. The number of aromatic nitrogens is 4. The zero-order valence-corrected chi connectivity index (χ0v) is 18.0. The maximum Gasteiger partial charge on any atom is 0.225 e. The molecule has 0 fully saturated rings. The molecule has 0 aliphatic rings. The molecule has 30 heavy (non-hydrogen) atoms. The molecule has 1 amide bonds. The third kappa shape index (κ3) is 4.63. The van der Waals surface area contributed by atoms with Crippen molar-refractivity contribution in [1.82, 2.24) is 25.3 Å². The highest BCUT2D eigenvalue weighted by molar-refractivity contribution is 7.19. The molecule has 0 atom stereocenters. The second-order valence-electron chi connectivity index (χ2n) is 8.03. The Labute approximate surface area is 179 Å². The van der Waals surface area contributed by atoms with Crippen LogP contribution in [0.1, 0.15) is 37.0 Å². The number of benzene rings is 2. The summed E-state index contributed by atoms with van der Waals surface area (Å²) in [6.45, 7) is 6.00. The summed E-state index contributed by atoms with van der Waals surface area (Å²) in [5.74, 6) is -0.0127. The lowest BCUT2D eigenvalue weighted by Crippen LogP contribution is -2.34. The Kier molecular flexibility index (Phi) is 5.46. The van der Waals surface area contributed by atoms with Crippen LogP contribution in [0.15, 0.2) is 54.7 Å². The van der Waals surface area contributed by atoms with E-state index >= 15 is 0 Å². The Morgan fingerprint density at radius 1 is 1.10 bits per heavy atom. The molecule has 2 heterocycles. The van der Waals surface area contributed by atoms with E-state index in [1.54, 1.807) is 16.0 Å². The van der Waals surface area contributed by atoms with Gasteiger partial charge in [0.2, 0.25) is 5.91 Å². The number of carbonyl (C=O) groups excluding carboxylic acids is 1. The van der Waals surface area contributed by atoms with Crippen molar-refractivity contribution in [2.75, 3.05) is 0 Å². The van der Waals surface area contributed by atoms with E-state index in [-0.39, 0.29) is 5.91 Å². The molecule has 0 aliphatic heterocycles. The average molecular weight is 418 g/mol. The van der Waals surface area contributed by atoms with Crippen LogP contribution in [0.25, 0.3) is 28.1 Å². The predicted octanol–water partition coefficient (Wildman–Crippen LogP) is 4.71. The molecule has 2 aromatic heterocycles. The number of carbonyl (C=O) groups is 1. The predicted molar refractivity (Wildman–Crippen MR) is 121 cm³/mol. The van der Waals surface area contributed by atoms with Gasteiger partial charge >= 0.3 is 0 Å². The summed E-state index contributed by atoms with van der Waals surface area (Å²) in [4.78, 5) is 16.6. The fourth-order valence-corrected chi connectivity index (χ4v) is 3.68. The van der Waals surface area contributed by atoms with E-state index in [1.165, 1.54) is 4.70 Å². The van der Waals surface area contributed by atoms with Crippen LogP contribution in [0.3, 0.4) is 0 Å². The molecule has 0 aliphatic carbocycles. The van der Waals surface area contributed by atoms with Crippen LogP contribution < -0.4 is 5.32 Å². The van der Waals surface area contributed by atoms with Gasteiger partial charge in [0, 0.05) is 5.41 Å². The van der Waals surface area contributed by atoms with Crippen molar-refractivity contribution in [3.63, 3.8) is 0 Å². The molecule has 6 nitrogen and oxygen atoms in total. The Bertz CT molecular complexity index is 1170. The molecule has 4 rings (SSSR count). The van der Waals surface area contributed by atoms with Gasteiger partial charge in [-0.3, -0.25) is 4.79 Å². The van der Waals surface area contributed by atoms with E-state index < -0.39 is 5.41 Å². The highest BCUT2D eigenvalue weighted by Crippen LogP contribution is 2.23. The average Bonchev–Trinajstić information content (AvgIpc) is 3.37. The van der Waals surface area contributed by atoms with Gasteiger partial charge in [-0.25, -0.2) is 9.67 Å². The summed E-state index contributed by atoms with van der Waals surface area (Å²) in [5.41, 5.74) is 3.31. The number of hydrogen-bond donors (Lipinski definition) is 1. The van der Waals surface area contributed by atoms with Gasteiger partial charge in [0.05, 0.1) is 28.6 Å². The molecule has 0 bridgehead atoms. The lowest BCUT2D eigenvalue weighted by Gasteiger charge is -2.16.